The largest absolute Gasteiger partial charge is 0.375 e. The van der Waals surface area contributed by atoms with Gasteiger partial charge in [0.1, 0.15) is 6.10 Å². The summed E-state index contributed by atoms with van der Waals surface area (Å²) in [6.07, 6.45) is 2.22. The summed E-state index contributed by atoms with van der Waals surface area (Å²) in [5.41, 5.74) is 2.49. The Morgan fingerprint density at radius 2 is 2.16 bits per heavy atom. The third kappa shape index (κ3) is 4.33. The molecule has 0 spiro atoms. The van der Waals surface area contributed by atoms with Gasteiger partial charge in [0.25, 0.3) is 0 Å². The van der Waals surface area contributed by atoms with Crippen molar-refractivity contribution in [1.82, 2.24) is 10.4 Å². The van der Waals surface area contributed by atoms with E-state index in [4.69, 9.17) is 14.3 Å². The topological polar surface area (TPSA) is 60.0 Å². The van der Waals surface area contributed by atoms with Crippen LogP contribution >= 0.6 is 0 Å². The summed E-state index contributed by atoms with van der Waals surface area (Å²) < 4.78 is 11.3. The van der Waals surface area contributed by atoms with Crippen molar-refractivity contribution in [2.45, 2.75) is 38.9 Å². The lowest BCUT2D eigenvalue weighted by atomic mass is 10.1. The second kappa shape index (κ2) is 7.07. The second-order valence-electron chi connectivity index (χ2n) is 5.52. The fourth-order valence-corrected chi connectivity index (χ4v) is 2.32. The van der Waals surface area contributed by atoms with Crippen LogP contribution in [0.2, 0.25) is 0 Å². The molecule has 2 atom stereocenters. The van der Waals surface area contributed by atoms with Gasteiger partial charge in [-0.05, 0) is 18.8 Å². The average molecular weight is 272 g/mol. The van der Waals surface area contributed by atoms with Crippen LogP contribution in [0.3, 0.4) is 0 Å². The predicted molar refractivity (Wildman–Crippen MR) is 69.6 cm³/mol. The van der Waals surface area contributed by atoms with Gasteiger partial charge in [0.15, 0.2) is 0 Å². The fourth-order valence-electron chi connectivity index (χ4n) is 2.32. The van der Waals surface area contributed by atoms with E-state index in [1.165, 1.54) is 0 Å². The maximum Gasteiger partial charge on any atom is 0.341 e. The number of nitrogens with one attached hydrogen (secondary N) is 1. The molecule has 2 saturated heterocycles. The molecule has 0 aromatic heterocycles. The maximum absolute atomic E-state index is 11.9. The third-order valence-electron chi connectivity index (χ3n) is 3.34. The van der Waals surface area contributed by atoms with Crippen LogP contribution < -0.4 is 5.48 Å². The number of hydrogen-bond donors (Lipinski definition) is 1. The first kappa shape index (κ1) is 14.6. The van der Waals surface area contributed by atoms with Crippen LogP contribution in [0.4, 0.5) is 4.79 Å². The lowest BCUT2D eigenvalue weighted by Crippen LogP contribution is -2.52. The van der Waals surface area contributed by atoms with Gasteiger partial charge >= 0.3 is 6.03 Å². The summed E-state index contributed by atoms with van der Waals surface area (Å²) in [5, 5.41) is 0. The summed E-state index contributed by atoms with van der Waals surface area (Å²) in [6, 6.07) is -0.188. The summed E-state index contributed by atoms with van der Waals surface area (Å²) in [7, 11) is 0. The highest BCUT2D eigenvalue weighted by Gasteiger charge is 2.32. The summed E-state index contributed by atoms with van der Waals surface area (Å²) >= 11 is 0. The van der Waals surface area contributed by atoms with Gasteiger partial charge in [-0.1, -0.05) is 13.8 Å². The Morgan fingerprint density at radius 1 is 1.37 bits per heavy atom. The number of carbonyl (C=O) groups is 1. The molecule has 0 bridgehead atoms. The molecule has 2 unspecified atom stereocenters. The Bertz CT molecular complexity index is 292. The molecule has 6 nitrogen and oxygen atoms in total. The SMILES string of the molecule is CC(C)CONC(=O)N1CCOC(C2CCCO2)C1. The Kier molecular flexibility index (Phi) is 5.42. The number of nitrogens with zero attached hydrogens (tertiary/aromatic N) is 1. The molecular formula is C13H24N2O4. The molecule has 2 amide bonds. The highest BCUT2D eigenvalue weighted by molar-refractivity contribution is 5.73. The molecule has 1 N–H and O–H groups in total. The molecule has 0 aromatic rings. The van der Waals surface area contributed by atoms with E-state index >= 15 is 0 Å². The van der Waals surface area contributed by atoms with Crippen molar-refractivity contribution < 1.29 is 19.1 Å². The van der Waals surface area contributed by atoms with E-state index < -0.39 is 0 Å². The monoisotopic (exact) mass is 272 g/mol. The van der Waals surface area contributed by atoms with Gasteiger partial charge in [-0.2, -0.15) is 0 Å². The van der Waals surface area contributed by atoms with E-state index in [0.29, 0.717) is 32.2 Å². The maximum atomic E-state index is 11.9. The minimum absolute atomic E-state index is 0.00732. The minimum atomic E-state index is -0.188. The van der Waals surface area contributed by atoms with Gasteiger partial charge in [0.2, 0.25) is 0 Å². The van der Waals surface area contributed by atoms with Crippen molar-refractivity contribution in [3.05, 3.63) is 0 Å². The van der Waals surface area contributed by atoms with Crippen molar-refractivity contribution in [2.24, 2.45) is 5.92 Å². The van der Waals surface area contributed by atoms with E-state index in [9.17, 15) is 4.79 Å². The molecule has 2 rings (SSSR count). The lowest BCUT2D eigenvalue weighted by Gasteiger charge is -2.35. The van der Waals surface area contributed by atoms with Gasteiger partial charge in [0, 0.05) is 13.2 Å². The van der Waals surface area contributed by atoms with E-state index in [1.54, 1.807) is 4.90 Å². The molecule has 110 valence electrons. The number of carbonyl (C=O) groups excluding carboxylic acids is 1. The number of ether oxygens (including phenoxy) is 2. The first-order valence-corrected chi connectivity index (χ1v) is 7.06. The normalized spacial score (nSPS) is 27.8. The van der Waals surface area contributed by atoms with Crippen molar-refractivity contribution in [1.29, 1.82) is 0 Å². The van der Waals surface area contributed by atoms with E-state index in [-0.39, 0.29) is 18.2 Å². The number of hydrogen-bond acceptors (Lipinski definition) is 4. The lowest BCUT2D eigenvalue weighted by molar-refractivity contribution is -0.0883. The molecule has 0 saturated carbocycles. The molecule has 2 aliphatic rings. The number of hydroxylamine groups is 1. The molecule has 0 aromatic carbocycles. The number of urea groups is 1. The van der Waals surface area contributed by atoms with Crippen LogP contribution in [0.5, 0.6) is 0 Å². The van der Waals surface area contributed by atoms with E-state index in [2.05, 4.69) is 5.48 Å². The van der Waals surface area contributed by atoms with Crippen molar-refractivity contribution in [2.75, 3.05) is 32.9 Å². The number of morpholine rings is 1. The molecule has 2 fully saturated rings. The smallest absolute Gasteiger partial charge is 0.341 e. The van der Waals surface area contributed by atoms with Crippen LogP contribution in [-0.2, 0) is 14.3 Å². The minimum Gasteiger partial charge on any atom is -0.375 e. The zero-order valence-corrected chi connectivity index (χ0v) is 11.8. The van der Waals surface area contributed by atoms with Crippen LogP contribution in [-0.4, -0.2) is 56.0 Å². The zero-order valence-electron chi connectivity index (χ0n) is 11.8. The van der Waals surface area contributed by atoms with E-state index in [1.807, 2.05) is 13.8 Å². The Balaban J connectivity index is 1.74. The fraction of sp³-hybridized carbons (Fsp3) is 0.923. The van der Waals surface area contributed by atoms with Crippen LogP contribution in [0.1, 0.15) is 26.7 Å². The second-order valence-corrected chi connectivity index (χ2v) is 5.52. The van der Waals surface area contributed by atoms with Crippen LogP contribution in [0, 0.1) is 5.92 Å². The summed E-state index contributed by atoms with van der Waals surface area (Å²) in [4.78, 5) is 18.8. The number of rotatable bonds is 4. The third-order valence-corrected chi connectivity index (χ3v) is 3.34. The molecule has 19 heavy (non-hydrogen) atoms. The van der Waals surface area contributed by atoms with Gasteiger partial charge in [-0.3, -0.25) is 4.84 Å². The van der Waals surface area contributed by atoms with Gasteiger partial charge in [0.05, 0.1) is 25.9 Å². The standard InChI is InChI=1S/C13H24N2O4/c1-10(2)9-19-14-13(16)15-5-7-18-12(8-15)11-4-3-6-17-11/h10-12H,3-9H2,1-2H3,(H,14,16). The van der Waals surface area contributed by atoms with Gasteiger partial charge in [-0.15, -0.1) is 0 Å². The molecule has 0 aliphatic carbocycles. The van der Waals surface area contributed by atoms with E-state index in [0.717, 1.165) is 19.4 Å². The Hall–Kier alpha value is -0.850. The van der Waals surface area contributed by atoms with Crippen LogP contribution in [0.25, 0.3) is 0 Å². The van der Waals surface area contributed by atoms with Crippen molar-refractivity contribution in [3.63, 3.8) is 0 Å². The molecule has 6 heteroatoms. The molecule has 2 aliphatic heterocycles. The Morgan fingerprint density at radius 3 is 2.84 bits per heavy atom. The van der Waals surface area contributed by atoms with Crippen molar-refractivity contribution in [3.8, 4) is 0 Å². The Labute approximate surface area is 114 Å². The summed E-state index contributed by atoms with van der Waals surface area (Å²) in [5.74, 6) is 0.393. The molecule has 0 radical (unpaired) electrons. The first-order valence-electron chi connectivity index (χ1n) is 7.06. The summed E-state index contributed by atoms with van der Waals surface area (Å²) in [6.45, 7) is 7.12. The predicted octanol–water partition coefficient (Wildman–Crippen LogP) is 1.16. The first-order chi connectivity index (χ1) is 9.16. The van der Waals surface area contributed by atoms with Gasteiger partial charge in [-0.25, -0.2) is 10.3 Å². The zero-order chi connectivity index (χ0) is 13.7. The average Bonchev–Trinajstić information content (AvgIpc) is 2.92. The highest BCUT2D eigenvalue weighted by Crippen LogP contribution is 2.20. The molecule has 2 heterocycles. The highest BCUT2D eigenvalue weighted by atomic mass is 16.7. The number of amides is 2. The van der Waals surface area contributed by atoms with Crippen LogP contribution in [0.15, 0.2) is 0 Å². The van der Waals surface area contributed by atoms with Gasteiger partial charge < -0.3 is 14.4 Å². The van der Waals surface area contributed by atoms with Crippen molar-refractivity contribution >= 4 is 6.03 Å². The molecular weight excluding hydrogens is 248 g/mol. The quantitative estimate of drug-likeness (QED) is 0.780.